The summed E-state index contributed by atoms with van der Waals surface area (Å²) in [6.45, 7) is 2.91. The van der Waals surface area contributed by atoms with E-state index < -0.39 is 24.0 Å². The van der Waals surface area contributed by atoms with Crippen LogP contribution in [-0.2, 0) is 14.3 Å². The standard InChI is InChI=1S/C27H31N7O3/c1-2-3-4-5-12-24(27(36)37-26(35)21-11-8-15-28-21)34-17-29-22-16-18(13-14-23(22)34)19-9-6-7-10-20(19)25-30-32-33-31-25/h6-7,9-10,13-14,16-17,21,24,28H,2-5,8,11-12,15H2,1H3,(H,30,31,32,33)/t21-,24?/m0/s1. The van der Waals surface area contributed by atoms with Crippen molar-refractivity contribution in [3.8, 4) is 22.5 Å². The number of aromatic nitrogens is 6. The monoisotopic (exact) mass is 501 g/mol. The molecule has 10 heteroatoms. The number of fused-ring (bicyclic) bond motifs is 1. The first kappa shape index (κ1) is 24.8. The van der Waals surface area contributed by atoms with E-state index in [4.69, 9.17) is 4.74 Å². The van der Waals surface area contributed by atoms with Crippen molar-refractivity contribution < 1.29 is 14.3 Å². The summed E-state index contributed by atoms with van der Waals surface area (Å²) in [6.07, 6.45) is 7.92. The van der Waals surface area contributed by atoms with Crippen LogP contribution < -0.4 is 5.32 Å². The maximum Gasteiger partial charge on any atom is 0.336 e. The highest BCUT2D eigenvalue weighted by atomic mass is 16.6. The van der Waals surface area contributed by atoms with Crippen LogP contribution in [0.5, 0.6) is 0 Å². The number of tetrazole rings is 1. The summed E-state index contributed by atoms with van der Waals surface area (Å²) in [6, 6.07) is 12.7. The molecule has 37 heavy (non-hydrogen) atoms. The van der Waals surface area contributed by atoms with E-state index in [2.05, 4.69) is 37.8 Å². The quantitative estimate of drug-likeness (QED) is 0.188. The number of carbonyl (C=O) groups excluding carboxylic acids is 2. The summed E-state index contributed by atoms with van der Waals surface area (Å²) >= 11 is 0. The van der Waals surface area contributed by atoms with Crippen molar-refractivity contribution in [2.45, 2.75) is 64.0 Å². The van der Waals surface area contributed by atoms with Crippen molar-refractivity contribution in [2.24, 2.45) is 0 Å². The molecule has 0 radical (unpaired) electrons. The summed E-state index contributed by atoms with van der Waals surface area (Å²) in [5, 5.41) is 17.5. The Morgan fingerprint density at radius 2 is 2.00 bits per heavy atom. The van der Waals surface area contributed by atoms with Crippen molar-refractivity contribution in [2.75, 3.05) is 6.54 Å². The molecule has 2 N–H and O–H groups in total. The van der Waals surface area contributed by atoms with Crippen molar-refractivity contribution in [3.63, 3.8) is 0 Å². The number of esters is 2. The molecule has 2 aromatic heterocycles. The molecule has 10 nitrogen and oxygen atoms in total. The summed E-state index contributed by atoms with van der Waals surface area (Å²) in [5.41, 5.74) is 4.31. The van der Waals surface area contributed by atoms with Crippen LogP contribution in [-0.4, -0.2) is 54.7 Å². The predicted octanol–water partition coefficient (Wildman–Crippen LogP) is 4.22. The average molecular weight is 502 g/mol. The summed E-state index contributed by atoms with van der Waals surface area (Å²) in [7, 11) is 0. The number of rotatable bonds is 10. The molecule has 0 aliphatic carbocycles. The maximum atomic E-state index is 13.2. The zero-order valence-corrected chi connectivity index (χ0v) is 20.9. The lowest BCUT2D eigenvalue weighted by Crippen LogP contribution is -2.35. The Hall–Kier alpha value is -3.92. The van der Waals surface area contributed by atoms with Gasteiger partial charge in [-0.25, -0.2) is 14.6 Å². The Balaban J connectivity index is 1.43. The fourth-order valence-electron chi connectivity index (χ4n) is 4.91. The van der Waals surface area contributed by atoms with Crippen LogP contribution >= 0.6 is 0 Å². The van der Waals surface area contributed by atoms with Crippen molar-refractivity contribution in [1.82, 2.24) is 35.5 Å². The molecule has 3 heterocycles. The fraction of sp³-hybridized carbons (Fsp3) is 0.407. The zero-order valence-electron chi connectivity index (χ0n) is 20.9. The minimum Gasteiger partial charge on any atom is -0.390 e. The first-order valence-electron chi connectivity index (χ1n) is 12.9. The highest BCUT2D eigenvalue weighted by Gasteiger charge is 2.30. The summed E-state index contributed by atoms with van der Waals surface area (Å²) < 4.78 is 7.21. The van der Waals surface area contributed by atoms with Gasteiger partial charge in [0.15, 0.2) is 0 Å². The molecule has 0 amide bonds. The number of hydrogen-bond donors (Lipinski definition) is 2. The molecular weight excluding hydrogens is 470 g/mol. The number of aromatic amines is 1. The van der Waals surface area contributed by atoms with Gasteiger partial charge in [-0.05, 0) is 54.3 Å². The van der Waals surface area contributed by atoms with Crippen LogP contribution in [0, 0.1) is 0 Å². The number of hydrogen-bond acceptors (Lipinski definition) is 8. The molecule has 0 bridgehead atoms. The van der Waals surface area contributed by atoms with Gasteiger partial charge in [-0.1, -0.05) is 62.9 Å². The van der Waals surface area contributed by atoms with E-state index in [0.717, 1.165) is 66.4 Å². The van der Waals surface area contributed by atoms with E-state index in [-0.39, 0.29) is 0 Å². The molecular formula is C27H31N7O3. The maximum absolute atomic E-state index is 13.2. The smallest absolute Gasteiger partial charge is 0.336 e. The van der Waals surface area contributed by atoms with Gasteiger partial charge in [0.25, 0.3) is 0 Å². The molecule has 1 aliphatic rings. The molecule has 192 valence electrons. The Bertz CT molecular complexity index is 1360. The predicted molar refractivity (Wildman–Crippen MR) is 138 cm³/mol. The number of imidazole rings is 1. The van der Waals surface area contributed by atoms with Crippen LogP contribution in [0.4, 0.5) is 0 Å². The van der Waals surface area contributed by atoms with Crippen molar-refractivity contribution in [1.29, 1.82) is 0 Å². The van der Waals surface area contributed by atoms with Crippen LogP contribution in [0.25, 0.3) is 33.5 Å². The van der Waals surface area contributed by atoms with Gasteiger partial charge in [-0.2, -0.15) is 5.21 Å². The normalized spacial score (nSPS) is 16.2. The molecule has 5 rings (SSSR count). The molecule has 2 atom stereocenters. The summed E-state index contributed by atoms with van der Waals surface area (Å²) in [4.78, 5) is 30.4. The first-order chi connectivity index (χ1) is 18.2. The van der Waals surface area contributed by atoms with Crippen molar-refractivity contribution in [3.05, 3.63) is 48.8 Å². The van der Waals surface area contributed by atoms with Crippen LogP contribution in [0.1, 0.15) is 57.9 Å². The number of nitrogens with zero attached hydrogens (tertiary/aromatic N) is 5. The number of nitrogens with one attached hydrogen (secondary N) is 2. The second-order valence-corrected chi connectivity index (χ2v) is 9.39. The SMILES string of the molecule is CCCCCCC(C(=O)OC(=O)[C@@H]1CCCN1)n1cnc2cc(-c3ccccc3-c3nn[nH]n3)ccc21. The van der Waals surface area contributed by atoms with Crippen LogP contribution in [0.15, 0.2) is 48.8 Å². The highest BCUT2D eigenvalue weighted by Crippen LogP contribution is 2.32. The molecule has 0 spiro atoms. The number of H-pyrrole nitrogens is 1. The van der Waals surface area contributed by atoms with E-state index in [9.17, 15) is 9.59 Å². The number of unbranched alkanes of at least 4 members (excludes halogenated alkanes) is 3. The van der Waals surface area contributed by atoms with E-state index in [1.165, 1.54) is 0 Å². The third-order valence-corrected chi connectivity index (χ3v) is 6.88. The van der Waals surface area contributed by atoms with Crippen LogP contribution in [0.2, 0.25) is 0 Å². The van der Waals surface area contributed by atoms with Gasteiger partial charge < -0.3 is 14.6 Å². The van der Waals surface area contributed by atoms with E-state index in [1.807, 2.05) is 47.0 Å². The van der Waals surface area contributed by atoms with Gasteiger partial charge in [0, 0.05) is 5.56 Å². The van der Waals surface area contributed by atoms with Gasteiger partial charge in [0.1, 0.15) is 12.1 Å². The molecule has 1 unspecified atom stereocenters. The van der Waals surface area contributed by atoms with Crippen LogP contribution in [0.3, 0.4) is 0 Å². The third kappa shape index (κ3) is 5.43. The van der Waals surface area contributed by atoms with E-state index in [1.54, 1.807) is 6.33 Å². The lowest BCUT2D eigenvalue weighted by molar-refractivity contribution is -0.163. The average Bonchev–Trinajstić information content (AvgIpc) is 3.71. The van der Waals surface area contributed by atoms with Gasteiger partial charge in [-0.15, -0.1) is 10.2 Å². The molecule has 1 aliphatic heterocycles. The highest BCUT2D eigenvalue weighted by molar-refractivity contribution is 5.92. The number of benzene rings is 2. The second-order valence-electron chi connectivity index (χ2n) is 9.39. The second kappa shape index (κ2) is 11.4. The molecule has 1 fully saturated rings. The lowest BCUT2D eigenvalue weighted by atomic mass is 9.99. The van der Waals surface area contributed by atoms with Gasteiger partial charge in [-0.3, -0.25) is 0 Å². The Morgan fingerprint density at radius 1 is 1.14 bits per heavy atom. The van der Waals surface area contributed by atoms with E-state index in [0.29, 0.717) is 18.7 Å². The molecule has 0 saturated carbocycles. The summed E-state index contributed by atoms with van der Waals surface area (Å²) in [5.74, 6) is -0.510. The molecule has 2 aromatic carbocycles. The number of carbonyl (C=O) groups is 2. The first-order valence-corrected chi connectivity index (χ1v) is 12.9. The van der Waals surface area contributed by atoms with Gasteiger partial charge in [0.2, 0.25) is 5.82 Å². The third-order valence-electron chi connectivity index (χ3n) is 6.88. The zero-order chi connectivity index (χ0) is 25.6. The van der Waals surface area contributed by atoms with Gasteiger partial charge >= 0.3 is 11.9 Å². The Morgan fingerprint density at radius 3 is 2.76 bits per heavy atom. The molecule has 1 saturated heterocycles. The largest absolute Gasteiger partial charge is 0.390 e. The lowest BCUT2D eigenvalue weighted by Gasteiger charge is -2.19. The number of ether oxygens (including phenoxy) is 1. The Kier molecular flexibility index (Phi) is 7.65. The molecule has 4 aromatic rings. The topological polar surface area (TPSA) is 128 Å². The minimum absolute atomic E-state index is 0.411. The van der Waals surface area contributed by atoms with Crippen molar-refractivity contribution >= 4 is 23.0 Å². The Labute approximate surface area is 214 Å². The van der Waals surface area contributed by atoms with Gasteiger partial charge in [0.05, 0.1) is 17.4 Å². The minimum atomic E-state index is -0.621. The fourth-order valence-corrected chi connectivity index (χ4v) is 4.91. The van der Waals surface area contributed by atoms with E-state index >= 15 is 0 Å².